The fourth-order valence-electron chi connectivity index (χ4n) is 1.37. The van der Waals surface area contributed by atoms with E-state index in [-0.39, 0.29) is 21.9 Å². The van der Waals surface area contributed by atoms with Crippen LogP contribution in [0.1, 0.15) is 29.8 Å². The van der Waals surface area contributed by atoms with Crippen LogP contribution in [0.15, 0.2) is 30.3 Å². The quantitative estimate of drug-likeness (QED) is 0.208. The van der Waals surface area contributed by atoms with Crippen LogP contribution in [0.2, 0.25) is 20.6 Å². The highest BCUT2D eigenvalue weighted by Gasteiger charge is 1.99. The molecule has 5 nitrogen and oxygen atoms in total. The van der Waals surface area contributed by atoms with Crippen molar-refractivity contribution < 1.29 is 14.4 Å². The Kier molecular flexibility index (Phi) is 15.0. The number of ketones is 2. The molecule has 0 radical (unpaired) electrons. The van der Waals surface area contributed by atoms with Gasteiger partial charge in [-0.2, -0.15) is 0 Å². The summed E-state index contributed by atoms with van der Waals surface area (Å²) in [6.07, 6.45) is 3.66. The molecule has 0 saturated heterocycles. The molecule has 2 rings (SSSR count). The van der Waals surface area contributed by atoms with Gasteiger partial charge in [0.2, 0.25) is 0 Å². The molecule has 0 N–H and O–H groups in total. The van der Waals surface area contributed by atoms with Crippen molar-refractivity contribution in [2.24, 2.45) is 0 Å². The lowest BCUT2D eigenvalue weighted by molar-refractivity contribution is -0.112. The van der Waals surface area contributed by atoms with Crippen molar-refractivity contribution in [3.8, 4) is 0 Å². The molecule has 29 heavy (non-hydrogen) atoms. The van der Waals surface area contributed by atoms with Gasteiger partial charge in [-0.15, -0.1) is 0 Å². The van der Waals surface area contributed by atoms with Crippen LogP contribution in [0.3, 0.4) is 0 Å². The molecule has 0 aliphatic heterocycles. The Labute approximate surface area is 192 Å². The van der Waals surface area contributed by atoms with Gasteiger partial charge in [0.15, 0.2) is 17.9 Å². The van der Waals surface area contributed by atoms with Gasteiger partial charge in [-0.1, -0.05) is 63.2 Å². The molecule has 0 fully saturated rings. The normalized spacial score (nSPS) is 10.0. The molecule has 0 bridgehead atoms. The Hall–Kier alpha value is -1.19. The first-order chi connectivity index (χ1) is 13.6. The van der Waals surface area contributed by atoms with E-state index < -0.39 is 0 Å². The highest BCUT2D eigenvalue weighted by molar-refractivity contribution is 8.02. The molecule has 2 heterocycles. The number of allylic oxidation sites excluding steroid dienone is 1. The molecule has 11 heteroatoms. The van der Waals surface area contributed by atoms with Gasteiger partial charge >= 0.3 is 0 Å². The smallest absolute Gasteiger partial charge is 0.157 e. The third-order valence-corrected chi connectivity index (χ3v) is 4.55. The highest BCUT2D eigenvalue weighted by Crippen LogP contribution is 2.17. The standard InChI is InChI=1S/C9H7Cl2NO.C6H3Cl2NO.C3H6OP2/c1-6(13)2-3-7-4-5-8(10)12-9(7)11;7-5-2-1-4(3-10)6(8)9-5;1-3(4)2-6-5/h2-5H,1H3;1-3H;2H,5H2,1H3. The van der Waals surface area contributed by atoms with E-state index in [1.165, 1.54) is 32.1 Å². The average Bonchev–Trinajstić information content (AvgIpc) is 2.62. The number of carbonyl (C=O) groups excluding carboxylic acids is 3. The molecule has 0 saturated carbocycles. The van der Waals surface area contributed by atoms with Gasteiger partial charge in [-0.05, 0) is 50.3 Å². The molecular formula is C18H16Cl4N2O3P2. The van der Waals surface area contributed by atoms with Crippen molar-refractivity contribution in [3.63, 3.8) is 0 Å². The van der Waals surface area contributed by atoms with Gasteiger partial charge in [0.25, 0.3) is 0 Å². The number of halogens is 4. The Morgan fingerprint density at radius 3 is 1.69 bits per heavy atom. The maximum Gasteiger partial charge on any atom is 0.157 e. The Balaban J connectivity index is 0.000000436. The summed E-state index contributed by atoms with van der Waals surface area (Å²) in [5, 5.41) is 1.06. The molecule has 1 unspecified atom stereocenters. The van der Waals surface area contributed by atoms with E-state index in [1.54, 1.807) is 24.0 Å². The average molecular weight is 512 g/mol. The number of nitrogens with zero attached hydrogens (tertiary/aromatic N) is 2. The van der Waals surface area contributed by atoms with E-state index in [1.807, 2.05) is 0 Å². The number of hydrogen-bond acceptors (Lipinski definition) is 5. The number of hydrogen-bond donors (Lipinski definition) is 0. The van der Waals surface area contributed by atoms with Gasteiger partial charge in [0, 0.05) is 11.4 Å². The van der Waals surface area contributed by atoms with Crippen molar-refractivity contribution in [1.29, 1.82) is 0 Å². The first kappa shape index (κ1) is 27.8. The van der Waals surface area contributed by atoms with Crippen molar-refractivity contribution in [2.45, 2.75) is 13.8 Å². The second-order valence-electron chi connectivity index (χ2n) is 4.98. The lowest BCUT2D eigenvalue weighted by Gasteiger charge is -1.96. The van der Waals surface area contributed by atoms with E-state index in [0.29, 0.717) is 27.7 Å². The van der Waals surface area contributed by atoms with Crippen LogP contribution in [-0.4, -0.2) is 33.6 Å². The molecule has 0 aromatic carbocycles. The van der Waals surface area contributed by atoms with E-state index in [9.17, 15) is 14.4 Å². The second kappa shape index (κ2) is 15.6. The van der Waals surface area contributed by atoms with Crippen molar-refractivity contribution in [1.82, 2.24) is 9.97 Å². The summed E-state index contributed by atoms with van der Waals surface area (Å²) in [5.74, 6) is 1.68. The zero-order chi connectivity index (χ0) is 22.4. The van der Waals surface area contributed by atoms with Crippen LogP contribution in [0.4, 0.5) is 0 Å². The second-order valence-corrected chi connectivity index (χ2v) is 7.92. The van der Waals surface area contributed by atoms with Gasteiger partial charge < -0.3 is 0 Å². The lowest BCUT2D eigenvalue weighted by Crippen LogP contribution is -1.84. The molecule has 2 aromatic rings. The summed E-state index contributed by atoms with van der Waals surface area (Å²) in [5.41, 5.74) is 1.03. The summed E-state index contributed by atoms with van der Waals surface area (Å²) in [7, 11) is 3.39. The van der Waals surface area contributed by atoms with E-state index in [4.69, 9.17) is 46.4 Å². The number of aldehydes is 1. The minimum Gasteiger partial charge on any atom is -0.298 e. The SMILES string of the molecule is CC(=O)C=Cc1ccc(Cl)nc1Cl.CC(=O)C=PP.O=Cc1ccc(Cl)nc1Cl. The van der Waals surface area contributed by atoms with Gasteiger partial charge in [0.05, 0.1) is 5.56 Å². The minimum atomic E-state index is -0.0361. The summed E-state index contributed by atoms with van der Waals surface area (Å²) in [6, 6.07) is 6.35. The molecule has 0 amide bonds. The summed E-state index contributed by atoms with van der Waals surface area (Å²) >= 11 is 22.3. The summed E-state index contributed by atoms with van der Waals surface area (Å²) < 4.78 is 0. The topological polar surface area (TPSA) is 77.0 Å². The Morgan fingerprint density at radius 2 is 1.38 bits per heavy atom. The third kappa shape index (κ3) is 13.6. The van der Waals surface area contributed by atoms with Gasteiger partial charge in [-0.3, -0.25) is 14.4 Å². The molecule has 0 aliphatic rings. The number of pyridine rings is 2. The zero-order valence-corrected chi connectivity index (χ0v) is 20.3. The maximum absolute atomic E-state index is 10.6. The largest absolute Gasteiger partial charge is 0.298 e. The summed E-state index contributed by atoms with van der Waals surface area (Å²) in [4.78, 5) is 38.2. The molecule has 2 aromatic heterocycles. The first-order valence-corrected chi connectivity index (χ1v) is 11.7. The monoisotopic (exact) mass is 510 g/mol. The number of Topliss-reactive ketones (excluding diaryl/α,β-unsaturated/α-hetero) is 1. The molecule has 0 aliphatic carbocycles. The van der Waals surface area contributed by atoms with Gasteiger partial charge in [-0.25, -0.2) is 9.97 Å². The fourth-order valence-corrected chi connectivity index (χ4v) is 3.01. The van der Waals surface area contributed by atoms with Crippen LogP contribution in [0, 0.1) is 0 Å². The minimum absolute atomic E-state index is 0.0361. The van der Waals surface area contributed by atoms with Crippen LogP contribution in [-0.2, 0) is 9.59 Å². The fraction of sp³-hybridized carbons (Fsp3) is 0.111. The van der Waals surface area contributed by atoms with E-state index >= 15 is 0 Å². The highest BCUT2D eigenvalue weighted by atomic mass is 35.5. The predicted molar refractivity (Wildman–Crippen MR) is 127 cm³/mol. The van der Waals surface area contributed by atoms with Crippen LogP contribution < -0.4 is 0 Å². The third-order valence-electron chi connectivity index (χ3n) is 2.57. The molecule has 154 valence electrons. The molecule has 1 atom stereocenters. The van der Waals surface area contributed by atoms with Crippen molar-refractivity contribution in [2.75, 3.05) is 0 Å². The molecule has 0 spiro atoms. The molecular weight excluding hydrogens is 496 g/mol. The Morgan fingerprint density at radius 1 is 0.897 bits per heavy atom. The number of rotatable bonds is 4. The van der Waals surface area contributed by atoms with Crippen LogP contribution in [0.5, 0.6) is 0 Å². The Bertz CT molecular complexity index is 922. The van der Waals surface area contributed by atoms with E-state index in [0.717, 1.165) is 7.89 Å². The zero-order valence-electron chi connectivity index (χ0n) is 15.3. The number of carbonyl (C=O) groups is 3. The predicted octanol–water partition coefficient (Wildman–Crippen LogP) is 6.31. The summed E-state index contributed by atoms with van der Waals surface area (Å²) in [6.45, 7) is 3.00. The van der Waals surface area contributed by atoms with E-state index in [2.05, 4.69) is 18.9 Å². The first-order valence-electron chi connectivity index (χ1n) is 7.62. The number of aromatic nitrogens is 2. The lowest BCUT2D eigenvalue weighted by atomic mass is 10.2. The van der Waals surface area contributed by atoms with Crippen LogP contribution in [0.25, 0.3) is 6.08 Å². The van der Waals surface area contributed by atoms with Crippen molar-refractivity contribution >= 4 is 93.0 Å². The van der Waals surface area contributed by atoms with Crippen LogP contribution >= 0.6 is 63.2 Å². The van der Waals surface area contributed by atoms with Gasteiger partial charge in [0.1, 0.15) is 20.6 Å². The van der Waals surface area contributed by atoms with Crippen molar-refractivity contribution in [3.05, 3.63) is 62.1 Å². The maximum atomic E-state index is 10.6.